The molecule has 134 valence electrons. The van der Waals surface area contributed by atoms with Crippen LogP contribution in [0.25, 0.3) is 10.8 Å². The Balaban J connectivity index is 2.06. The van der Waals surface area contributed by atoms with Crippen LogP contribution in [0.3, 0.4) is 0 Å². The van der Waals surface area contributed by atoms with Crippen LogP contribution in [0, 0.1) is 0 Å². The van der Waals surface area contributed by atoms with Crippen LogP contribution in [0.4, 0.5) is 0 Å². The molecule has 0 aliphatic heterocycles. The highest BCUT2D eigenvalue weighted by atomic mass is 16.5. The van der Waals surface area contributed by atoms with Gasteiger partial charge < -0.3 is 19.4 Å². The van der Waals surface area contributed by atoms with Gasteiger partial charge in [0, 0.05) is 18.1 Å². The number of fused-ring (bicyclic) bond motifs is 1. The monoisotopic (exact) mass is 346 g/mol. The summed E-state index contributed by atoms with van der Waals surface area (Å²) in [6.45, 7) is 4.15. The van der Waals surface area contributed by atoms with E-state index in [2.05, 4.69) is 5.32 Å². The molecule has 1 heterocycles. The molecule has 1 amide bonds. The lowest BCUT2D eigenvalue weighted by Crippen LogP contribution is -2.34. The smallest absolute Gasteiger partial charge is 0.325 e. The van der Waals surface area contributed by atoms with Gasteiger partial charge in [0.15, 0.2) is 6.61 Å². The molecule has 7 nitrogen and oxygen atoms in total. The van der Waals surface area contributed by atoms with Crippen molar-refractivity contribution < 1.29 is 19.1 Å². The molecular formula is C18H22N2O5. The minimum Gasteiger partial charge on any atom is -0.483 e. The first kappa shape index (κ1) is 18.5. The Morgan fingerprint density at radius 2 is 1.96 bits per heavy atom. The second kappa shape index (κ2) is 8.86. The number of benzene rings is 1. The van der Waals surface area contributed by atoms with E-state index in [4.69, 9.17) is 9.47 Å². The zero-order valence-electron chi connectivity index (χ0n) is 14.4. The Morgan fingerprint density at radius 1 is 1.16 bits per heavy atom. The standard InChI is InChI=1S/C18H22N2O5/c1-3-9-20-10-8-13-14(18(20)23)6-5-7-15(13)25-12-16(21)19-11-17(22)24-4-2/h5-8,10H,3-4,9,11-12H2,1-2H3,(H,19,21). The number of carbonyl (C=O) groups excluding carboxylic acids is 2. The second-order valence-corrected chi connectivity index (χ2v) is 5.40. The van der Waals surface area contributed by atoms with Gasteiger partial charge in [-0.1, -0.05) is 13.0 Å². The summed E-state index contributed by atoms with van der Waals surface area (Å²) in [7, 11) is 0. The van der Waals surface area contributed by atoms with Gasteiger partial charge in [0.25, 0.3) is 11.5 Å². The van der Waals surface area contributed by atoms with Gasteiger partial charge in [0.1, 0.15) is 12.3 Å². The summed E-state index contributed by atoms with van der Waals surface area (Å²) in [6.07, 6.45) is 2.59. The third-order valence-corrected chi connectivity index (χ3v) is 3.54. The molecule has 0 aliphatic carbocycles. The lowest BCUT2D eigenvalue weighted by molar-refractivity contribution is -0.143. The molecule has 7 heteroatoms. The molecule has 0 saturated heterocycles. The van der Waals surface area contributed by atoms with Gasteiger partial charge in [-0.15, -0.1) is 0 Å². The largest absolute Gasteiger partial charge is 0.483 e. The number of nitrogens with zero attached hydrogens (tertiary/aromatic N) is 1. The quantitative estimate of drug-likeness (QED) is 0.732. The minimum absolute atomic E-state index is 0.0865. The normalized spacial score (nSPS) is 10.5. The number of amides is 1. The molecular weight excluding hydrogens is 324 g/mol. The number of aryl methyl sites for hydroxylation is 1. The van der Waals surface area contributed by atoms with Crippen LogP contribution >= 0.6 is 0 Å². The molecule has 0 saturated carbocycles. The molecule has 2 aromatic rings. The first-order valence-corrected chi connectivity index (χ1v) is 8.24. The molecule has 0 radical (unpaired) electrons. The molecule has 0 bridgehead atoms. The number of hydrogen-bond acceptors (Lipinski definition) is 5. The van der Waals surface area contributed by atoms with Crippen molar-refractivity contribution in [1.82, 2.24) is 9.88 Å². The Kier molecular flexibility index (Phi) is 6.56. The minimum atomic E-state index is -0.502. The Morgan fingerprint density at radius 3 is 2.68 bits per heavy atom. The molecule has 0 unspecified atom stereocenters. The van der Waals surface area contributed by atoms with E-state index in [9.17, 15) is 14.4 Å². The van der Waals surface area contributed by atoms with E-state index in [1.54, 1.807) is 42.0 Å². The predicted octanol–water partition coefficient (Wildman–Crippen LogP) is 1.47. The zero-order valence-corrected chi connectivity index (χ0v) is 14.4. The van der Waals surface area contributed by atoms with Crippen molar-refractivity contribution in [1.29, 1.82) is 0 Å². The lowest BCUT2D eigenvalue weighted by Gasteiger charge is -2.11. The number of hydrogen-bond donors (Lipinski definition) is 1. The summed E-state index contributed by atoms with van der Waals surface area (Å²) in [6, 6.07) is 6.95. The Bertz CT molecular complexity index is 813. The third kappa shape index (κ3) is 4.82. The highest BCUT2D eigenvalue weighted by molar-refractivity contribution is 5.88. The fraction of sp³-hybridized carbons (Fsp3) is 0.389. The number of pyridine rings is 1. The molecule has 0 fully saturated rings. The number of carbonyl (C=O) groups is 2. The summed E-state index contributed by atoms with van der Waals surface area (Å²) in [5.74, 6) is -0.494. The van der Waals surface area contributed by atoms with E-state index in [1.165, 1.54) is 0 Å². The van der Waals surface area contributed by atoms with E-state index in [0.29, 0.717) is 23.1 Å². The Labute approximate surface area is 145 Å². The maximum Gasteiger partial charge on any atom is 0.325 e. The molecule has 0 atom stereocenters. The molecule has 1 aromatic carbocycles. The van der Waals surface area contributed by atoms with Crippen molar-refractivity contribution in [3.05, 3.63) is 40.8 Å². The SMILES string of the molecule is CCCn1ccc2c(OCC(=O)NCC(=O)OCC)cccc2c1=O. The van der Waals surface area contributed by atoms with Gasteiger partial charge in [-0.3, -0.25) is 14.4 Å². The van der Waals surface area contributed by atoms with Gasteiger partial charge in [-0.25, -0.2) is 0 Å². The number of aromatic nitrogens is 1. The zero-order chi connectivity index (χ0) is 18.2. The van der Waals surface area contributed by atoms with Crippen molar-refractivity contribution in [3.8, 4) is 5.75 Å². The average Bonchev–Trinajstić information content (AvgIpc) is 2.61. The van der Waals surface area contributed by atoms with Crippen LogP contribution in [-0.4, -0.2) is 36.2 Å². The van der Waals surface area contributed by atoms with Crippen molar-refractivity contribution in [2.45, 2.75) is 26.8 Å². The van der Waals surface area contributed by atoms with Crippen LogP contribution in [0.15, 0.2) is 35.3 Å². The molecule has 0 spiro atoms. The van der Waals surface area contributed by atoms with Crippen LogP contribution in [0.2, 0.25) is 0 Å². The number of nitrogens with one attached hydrogen (secondary N) is 1. The molecule has 0 aliphatic rings. The first-order chi connectivity index (χ1) is 12.1. The van der Waals surface area contributed by atoms with Crippen molar-refractivity contribution in [2.75, 3.05) is 19.8 Å². The maximum atomic E-state index is 12.4. The highest BCUT2D eigenvalue weighted by Crippen LogP contribution is 2.23. The summed E-state index contributed by atoms with van der Waals surface area (Å²) in [5.41, 5.74) is -0.0865. The second-order valence-electron chi connectivity index (χ2n) is 5.40. The van der Waals surface area contributed by atoms with Gasteiger partial charge in [0.2, 0.25) is 0 Å². The van der Waals surface area contributed by atoms with E-state index in [0.717, 1.165) is 6.42 Å². The van der Waals surface area contributed by atoms with Gasteiger partial charge in [0.05, 0.1) is 12.0 Å². The van der Waals surface area contributed by atoms with Crippen molar-refractivity contribution in [2.24, 2.45) is 0 Å². The maximum absolute atomic E-state index is 12.4. The number of rotatable bonds is 8. The lowest BCUT2D eigenvalue weighted by atomic mass is 10.1. The topological polar surface area (TPSA) is 86.6 Å². The summed E-state index contributed by atoms with van der Waals surface area (Å²) >= 11 is 0. The van der Waals surface area contributed by atoms with Crippen LogP contribution in [0.1, 0.15) is 20.3 Å². The van der Waals surface area contributed by atoms with E-state index in [1.807, 2.05) is 6.92 Å². The van der Waals surface area contributed by atoms with Gasteiger partial charge >= 0.3 is 5.97 Å². The van der Waals surface area contributed by atoms with Crippen molar-refractivity contribution in [3.63, 3.8) is 0 Å². The van der Waals surface area contributed by atoms with E-state index < -0.39 is 11.9 Å². The number of esters is 1. The summed E-state index contributed by atoms with van der Waals surface area (Å²) < 4.78 is 11.9. The predicted molar refractivity (Wildman–Crippen MR) is 93.6 cm³/mol. The molecule has 25 heavy (non-hydrogen) atoms. The van der Waals surface area contributed by atoms with E-state index >= 15 is 0 Å². The van der Waals surface area contributed by atoms with Crippen molar-refractivity contribution >= 4 is 22.6 Å². The van der Waals surface area contributed by atoms with Gasteiger partial charge in [-0.2, -0.15) is 0 Å². The third-order valence-electron chi connectivity index (χ3n) is 3.54. The first-order valence-electron chi connectivity index (χ1n) is 8.24. The van der Waals surface area contributed by atoms with E-state index in [-0.39, 0.29) is 25.3 Å². The highest BCUT2D eigenvalue weighted by Gasteiger charge is 2.10. The molecule has 2 rings (SSSR count). The Hall–Kier alpha value is -2.83. The summed E-state index contributed by atoms with van der Waals surface area (Å²) in [5, 5.41) is 3.61. The average molecular weight is 346 g/mol. The molecule has 1 aromatic heterocycles. The van der Waals surface area contributed by atoms with Gasteiger partial charge in [-0.05, 0) is 31.5 Å². The molecule has 1 N–H and O–H groups in total. The fourth-order valence-corrected chi connectivity index (χ4v) is 2.41. The van der Waals surface area contributed by atoms with Crippen LogP contribution in [0.5, 0.6) is 5.75 Å². The fourth-order valence-electron chi connectivity index (χ4n) is 2.41. The van der Waals surface area contributed by atoms with Crippen LogP contribution in [-0.2, 0) is 20.9 Å². The van der Waals surface area contributed by atoms with Crippen LogP contribution < -0.4 is 15.6 Å². The number of ether oxygens (including phenoxy) is 2. The summed E-state index contributed by atoms with van der Waals surface area (Å²) in [4.78, 5) is 35.4.